The molecule has 2 aliphatic rings. The molecule has 1 saturated heterocycles. The molecule has 1 fully saturated rings. The van der Waals surface area contributed by atoms with Gasteiger partial charge in [0.15, 0.2) is 0 Å². The van der Waals surface area contributed by atoms with Crippen molar-refractivity contribution in [3.8, 4) is 0 Å². The lowest BCUT2D eigenvalue weighted by atomic mass is 9.82. The fraction of sp³-hybridized carbons (Fsp3) is 0.600. The zero-order chi connectivity index (χ0) is 14.8. The lowest BCUT2D eigenvalue weighted by Crippen LogP contribution is -2.27. The molecular weight excluding hydrogens is 260 g/mol. The highest BCUT2D eigenvalue weighted by molar-refractivity contribution is 5.79. The van der Waals surface area contributed by atoms with E-state index in [0.717, 1.165) is 6.42 Å². The quantitative estimate of drug-likeness (QED) is 0.744. The Morgan fingerprint density at radius 3 is 2.70 bits per heavy atom. The summed E-state index contributed by atoms with van der Waals surface area (Å²) in [5.74, 6) is -0.377. The average Bonchev–Trinajstić information content (AvgIpc) is 2.82. The molecule has 1 unspecified atom stereocenters. The van der Waals surface area contributed by atoms with Crippen LogP contribution in [0.1, 0.15) is 27.2 Å². The van der Waals surface area contributed by atoms with E-state index < -0.39 is 18.2 Å². The molecular formula is C15H20O5. The van der Waals surface area contributed by atoms with E-state index in [1.54, 1.807) is 0 Å². The summed E-state index contributed by atoms with van der Waals surface area (Å²) in [7, 11) is 0. The summed E-state index contributed by atoms with van der Waals surface area (Å²) >= 11 is 0. The lowest BCUT2D eigenvalue weighted by Gasteiger charge is -2.25. The largest absolute Gasteiger partial charge is 0.509 e. The summed E-state index contributed by atoms with van der Waals surface area (Å²) in [6.45, 7) is 6.72. The number of hydrogen-bond donors (Lipinski definition) is 0. The van der Waals surface area contributed by atoms with E-state index in [1.165, 1.54) is 5.57 Å². The first-order valence-electron chi connectivity index (χ1n) is 6.75. The Hall–Kier alpha value is -1.78. The molecule has 1 aliphatic carbocycles. The summed E-state index contributed by atoms with van der Waals surface area (Å²) in [4.78, 5) is 22.4. The van der Waals surface area contributed by atoms with E-state index in [1.807, 2.05) is 0 Å². The van der Waals surface area contributed by atoms with Gasteiger partial charge in [0, 0.05) is 5.92 Å². The SMILES string of the molecule is CC(C)(C)C1=CCC(COC(=O)[C@H]2COC(=O)O2)C=C1. The van der Waals surface area contributed by atoms with E-state index in [2.05, 4.69) is 48.5 Å². The second-order valence-electron chi connectivity index (χ2n) is 6.06. The van der Waals surface area contributed by atoms with Gasteiger partial charge in [0.05, 0.1) is 6.61 Å². The molecule has 5 nitrogen and oxygen atoms in total. The van der Waals surface area contributed by atoms with Crippen LogP contribution in [0.4, 0.5) is 4.79 Å². The number of rotatable bonds is 3. The predicted molar refractivity (Wildman–Crippen MR) is 72.0 cm³/mol. The fourth-order valence-corrected chi connectivity index (χ4v) is 2.07. The zero-order valence-corrected chi connectivity index (χ0v) is 12.0. The minimum atomic E-state index is -0.921. The van der Waals surface area contributed by atoms with E-state index in [9.17, 15) is 9.59 Å². The molecule has 20 heavy (non-hydrogen) atoms. The Bertz CT molecular complexity index is 455. The first kappa shape index (κ1) is 14.6. The highest BCUT2D eigenvalue weighted by Crippen LogP contribution is 2.30. The topological polar surface area (TPSA) is 61.8 Å². The number of esters is 1. The molecule has 0 N–H and O–H groups in total. The maximum atomic E-state index is 11.6. The molecule has 2 atom stereocenters. The summed E-state index contributed by atoms with van der Waals surface area (Å²) < 4.78 is 14.4. The van der Waals surface area contributed by atoms with E-state index in [0.29, 0.717) is 0 Å². The Morgan fingerprint density at radius 1 is 1.45 bits per heavy atom. The van der Waals surface area contributed by atoms with Crippen LogP contribution < -0.4 is 0 Å². The van der Waals surface area contributed by atoms with Gasteiger partial charge in [0.2, 0.25) is 6.10 Å². The Morgan fingerprint density at radius 2 is 2.20 bits per heavy atom. The van der Waals surface area contributed by atoms with Crippen molar-refractivity contribution < 1.29 is 23.8 Å². The number of carbonyl (C=O) groups is 2. The first-order chi connectivity index (χ1) is 9.36. The number of hydrogen-bond acceptors (Lipinski definition) is 5. The average molecular weight is 280 g/mol. The molecule has 0 aromatic carbocycles. The van der Waals surface area contributed by atoms with Gasteiger partial charge in [-0.2, -0.15) is 0 Å². The molecule has 1 heterocycles. The van der Waals surface area contributed by atoms with Gasteiger partial charge in [-0.3, -0.25) is 0 Å². The van der Waals surface area contributed by atoms with Crippen LogP contribution in [-0.4, -0.2) is 31.4 Å². The van der Waals surface area contributed by atoms with Gasteiger partial charge < -0.3 is 14.2 Å². The maximum Gasteiger partial charge on any atom is 0.509 e. The highest BCUT2D eigenvalue weighted by atomic mass is 16.8. The van der Waals surface area contributed by atoms with E-state index >= 15 is 0 Å². The third-order valence-corrected chi connectivity index (χ3v) is 3.35. The summed E-state index contributed by atoms with van der Waals surface area (Å²) in [5, 5.41) is 0. The highest BCUT2D eigenvalue weighted by Gasteiger charge is 2.33. The van der Waals surface area contributed by atoms with Crippen molar-refractivity contribution in [2.75, 3.05) is 13.2 Å². The summed E-state index contributed by atoms with van der Waals surface area (Å²) in [6.07, 6.45) is 5.43. The van der Waals surface area contributed by atoms with Crippen molar-refractivity contribution in [3.63, 3.8) is 0 Å². The van der Waals surface area contributed by atoms with Crippen molar-refractivity contribution in [1.82, 2.24) is 0 Å². The van der Waals surface area contributed by atoms with Gasteiger partial charge in [-0.25, -0.2) is 9.59 Å². The second-order valence-corrected chi connectivity index (χ2v) is 6.06. The van der Waals surface area contributed by atoms with Gasteiger partial charge in [-0.05, 0) is 17.4 Å². The Kier molecular flexibility index (Phi) is 4.16. The Labute approximate surface area is 118 Å². The first-order valence-corrected chi connectivity index (χ1v) is 6.75. The molecule has 0 amide bonds. The van der Waals surface area contributed by atoms with Crippen molar-refractivity contribution in [3.05, 3.63) is 23.8 Å². The van der Waals surface area contributed by atoms with Crippen LogP contribution in [0.15, 0.2) is 23.8 Å². The number of cyclic esters (lactones) is 2. The maximum absolute atomic E-state index is 11.6. The van der Waals surface area contributed by atoms with Crippen LogP contribution >= 0.6 is 0 Å². The summed E-state index contributed by atoms with van der Waals surface area (Å²) in [6, 6.07) is 0. The van der Waals surface area contributed by atoms with Gasteiger partial charge in [-0.15, -0.1) is 0 Å². The van der Waals surface area contributed by atoms with Crippen molar-refractivity contribution in [2.45, 2.75) is 33.3 Å². The number of allylic oxidation sites excluding steroid dienone is 3. The molecule has 0 bridgehead atoms. The number of ether oxygens (including phenoxy) is 3. The van der Waals surface area contributed by atoms with Gasteiger partial charge >= 0.3 is 12.1 Å². The minimum Gasteiger partial charge on any atom is -0.462 e. The summed E-state index contributed by atoms with van der Waals surface area (Å²) in [5.41, 5.74) is 1.42. The van der Waals surface area contributed by atoms with Gasteiger partial charge in [0.1, 0.15) is 6.61 Å². The van der Waals surface area contributed by atoms with E-state index in [4.69, 9.17) is 4.74 Å². The molecule has 2 rings (SSSR count). The molecule has 110 valence electrons. The molecule has 5 heteroatoms. The monoisotopic (exact) mass is 280 g/mol. The minimum absolute atomic E-state index is 0.0632. The molecule has 0 aromatic heterocycles. The van der Waals surface area contributed by atoms with Gasteiger partial charge in [-0.1, -0.05) is 39.0 Å². The zero-order valence-electron chi connectivity index (χ0n) is 12.0. The standard InChI is InChI=1S/C15H20O5/c1-15(2,3)11-6-4-10(5-7-11)8-18-13(16)12-9-19-14(17)20-12/h4,6-7,10,12H,5,8-9H2,1-3H3/t10?,12-/m1/s1. The van der Waals surface area contributed by atoms with Crippen LogP contribution in [0, 0.1) is 11.3 Å². The number of carbonyl (C=O) groups excluding carboxylic acids is 2. The molecule has 1 aliphatic heterocycles. The smallest absolute Gasteiger partial charge is 0.462 e. The normalized spacial score (nSPS) is 25.8. The third-order valence-electron chi connectivity index (χ3n) is 3.35. The molecule has 0 spiro atoms. The van der Waals surface area contributed by atoms with Crippen LogP contribution in [0.2, 0.25) is 0 Å². The van der Waals surface area contributed by atoms with Crippen LogP contribution in [0.5, 0.6) is 0 Å². The molecule has 0 saturated carbocycles. The van der Waals surface area contributed by atoms with Crippen molar-refractivity contribution in [2.24, 2.45) is 11.3 Å². The third kappa shape index (κ3) is 3.62. The van der Waals surface area contributed by atoms with Crippen molar-refractivity contribution >= 4 is 12.1 Å². The second kappa shape index (κ2) is 5.69. The Balaban J connectivity index is 1.77. The molecule has 0 radical (unpaired) electrons. The predicted octanol–water partition coefficient (Wildman–Crippen LogP) is 2.61. The van der Waals surface area contributed by atoms with Crippen LogP contribution in [0.25, 0.3) is 0 Å². The fourth-order valence-electron chi connectivity index (χ4n) is 2.07. The molecule has 0 aromatic rings. The van der Waals surface area contributed by atoms with Crippen LogP contribution in [-0.2, 0) is 19.0 Å². The van der Waals surface area contributed by atoms with Crippen LogP contribution in [0.3, 0.4) is 0 Å². The van der Waals surface area contributed by atoms with E-state index in [-0.39, 0.29) is 24.5 Å². The van der Waals surface area contributed by atoms with Crippen molar-refractivity contribution in [1.29, 1.82) is 0 Å². The van der Waals surface area contributed by atoms with Gasteiger partial charge in [0.25, 0.3) is 0 Å². The lowest BCUT2D eigenvalue weighted by molar-refractivity contribution is -0.152.